The van der Waals surface area contributed by atoms with Crippen LogP contribution < -0.4 is 10.6 Å². The molecule has 1 atom stereocenters. The predicted molar refractivity (Wildman–Crippen MR) is 96.8 cm³/mol. The second kappa shape index (κ2) is 11.4. The lowest BCUT2D eigenvalue weighted by Crippen LogP contribution is -2.40. The summed E-state index contributed by atoms with van der Waals surface area (Å²) in [6.45, 7) is 8.85. The number of nitrogens with one attached hydrogen (secondary N) is 2. The topological polar surface area (TPSA) is 45.7 Å². The Bertz CT molecular complexity index is 423. The van der Waals surface area contributed by atoms with Crippen molar-refractivity contribution < 1.29 is 4.74 Å². The smallest absolute Gasteiger partial charge is 0.191 e. The van der Waals surface area contributed by atoms with Gasteiger partial charge in [0.05, 0.1) is 6.10 Å². The molecule has 1 aromatic carbocycles. The maximum Gasteiger partial charge on any atom is 0.191 e. The first kappa shape index (κ1) is 18.8. The van der Waals surface area contributed by atoms with Crippen molar-refractivity contribution in [3.05, 3.63) is 30.3 Å². The van der Waals surface area contributed by atoms with Crippen LogP contribution in [0.2, 0.25) is 0 Å². The van der Waals surface area contributed by atoms with Crippen molar-refractivity contribution in [3.63, 3.8) is 0 Å². The molecule has 0 fully saturated rings. The van der Waals surface area contributed by atoms with Gasteiger partial charge < -0.3 is 15.4 Å². The van der Waals surface area contributed by atoms with Crippen LogP contribution in [-0.4, -0.2) is 44.1 Å². The summed E-state index contributed by atoms with van der Waals surface area (Å²) < 4.78 is 5.52. The maximum absolute atomic E-state index is 5.52. The van der Waals surface area contributed by atoms with Gasteiger partial charge in [0.1, 0.15) is 0 Å². The first-order chi connectivity index (χ1) is 10.6. The van der Waals surface area contributed by atoms with Crippen LogP contribution in [-0.2, 0) is 4.74 Å². The molecule has 0 spiro atoms. The first-order valence-corrected chi connectivity index (χ1v) is 8.77. The van der Waals surface area contributed by atoms with Crippen LogP contribution in [0, 0.1) is 0 Å². The number of hydrogen-bond acceptors (Lipinski definition) is 3. The summed E-state index contributed by atoms with van der Waals surface area (Å²) >= 11 is 1.87. The van der Waals surface area contributed by atoms with Gasteiger partial charge in [-0.25, -0.2) is 0 Å². The summed E-state index contributed by atoms with van der Waals surface area (Å²) in [6.07, 6.45) is 1.28. The van der Waals surface area contributed by atoms with Crippen LogP contribution >= 0.6 is 11.8 Å². The summed E-state index contributed by atoms with van der Waals surface area (Å²) in [5.41, 5.74) is 0. The molecule has 22 heavy (non-hydrogen) atoms. The van der Waals surface area contributed by atoms with Gasteiger partial charge in [0, 0.05) is 36.9 Å². The van der Waals surface area contributed by atoms with Crippen molar-refractivity contribution in [2.75, 3.05) is 26.7 Å². The number of guanidine groups is 1. The molecule has 2 N–H and O–H groups in total. The Hall–Kier alpha value is -1.20. The van der Waals surface area contributed by atoms with Crippen molar-refractivity contribution in [3.8, 4) is 0 Å². The van der Waals surface area contributed by atoms with E-state index < -0.39 is 0 Å². The summed E-state index contributed by atoms with van der Waals surface area (Å²) in [5, 5.41) is 7.16. The average Bonchev–Trinajstić information content (AvgIpc) is 2.50. The van der Waals surface area contributed by atoms with E-state index in [-0.39, 0.29) is 0 Å². The van der Waals surface area contributed by atoms with E-state index in [1.165, 1.54) is 4.90 Å². The molecule has 1 aromatic rings. The van der Waals surface area contributed by atoms with E-state index in [1.54, 1.807) is 7.05 Å². The van der Waals surface area contributed by atoms with Gasteiger partial charge in [0.15, 0.2) is 5.96 Å². The number of hydrogen-bond donors (Lipinski definition) is 2. The van der Waals surface area contributed by atoms with Crippen molar-refractivity contribution in [1.29, 1.82) is 0 Å². The minimum Gasteiger partial charge on any atom is -0.379 e. The predicted octanol–water partition coefficient (Wildman–Crippen LogP) is 3.15. The number of nitrogens with zero attached hydrogens (tertiary/aromatic N) is 1. The standard InChI is InChI=1S/C17H29N3OS/c1-14(2)21-12-8-11-19-17(18-4)20-13-15(3)22-16-9-6-5-7-10-16/h5-7,9-10,14-15H,8,11-13H2,1-4H3,(H2,18,19,20). The van der Waals surface area contributed by atoms with Crippen molar-refractivity contribution in [2.45, 2.75) is 43.4 Å². The van der Waals surface area contributed by atoms with E-state index >= 15 is 0 Å². The Labute approximate surface area is 139 Å². The molecule has 0 saturated carbocycles. The molecule has 124 valence electrons. The van der Waals surface area contributed by atoms with Gasteiger partial charge >= 0.3 is 0 Å². The fourth-order valence-corrected chi connectivity index (χ4v) is 2.78. The highest BCUT2D eigenvalue weighted by Gasteiger charge is 2.05. The van der Waals surface area contributed by atoms with Crippen LogP contribution in [0.3, 0.4) is 0 Å². The quantitative estimate of drug-likeness (QED) is 0.317. The zero-order chi connectivity index (χ0) is 16.2. The first-order valence-electron chi connectivity index (χ1n) is 7.89. The molecule has 1 unspecified atom stereocenters. The van der Waals surface area contributed by atoms with Gasteiger partial charge in [-0.1, -0.05) is 25.1 Å². The molecule has 0 aromatic heterocycles. The summed E-state index contributed by atoms with van der Waals surface area (Å²) in [5.74, 6) is 0.852. The molecular weight excluding hydrogens is 294 g/mol. The second-order valence-corrected chi connectivity index (χ2v) is 6.91. The number of rotatable bonds is 9. The highest BCUT2D eigenvalue weighted by molar-refractivity contribution is 8.00. The van der Waals surface area contributed by atoms with Crippen LogP contribution in [0.4, 0.5) is 0 Å². The van der Waals surface area contributed by atoms with Gasteiger partial charge in [-0.2, -0.15) is 0 Å². The molecule has 0 aliphatic carbocycles. The molecule has 1 rings (SSSR count). The molecule has 0 aliphatic heterocycles. The molecule has 0 aliphatic rings. The van der Waals surface area contributed by atoms with E-state index in [2.05, 4.69) is 60.7 Å². The molecule has 0 amide bonds. The van der Waals surface area contributed by atoms with Crippen LogP contribution in [0.1, 0.15) is 27.2 Å². The number of thioether (sulfide) groups is 1. The molecule has 0 radical (unpaired) electrons. The molecule has 0 bridgehead atoms. The minimum absolute atomic E-state index is 0.299. The molecule has 5 heteroatoms. The maximum atomic E-state index is 5.52. The monoisotopic (exact) mass is 323 g/mol. The van der Waals surface area contributed by atoms with Gasteiger partial charge in [0.25, 0.3) is 0 Å². The van der Waals surface area contributed by atoms with Crippen LogP contribution in [0.15, 0.2) is 40.2 Å². The number of aliphatic imine (C=N–C) groups is 1. The Morgan fingerprint density at radius 3 is 2.55 bits per heavy atom. The third-order valence-corrected chi connectivity index (χ3v) is 4.04. The van der Waals surface area contributed by atoms with Gasteiger partial charge in [0.2, 0.25) is 0 Å². The lowest BCUT2D eigenvalue weighted by molar-refractivity contribution is 0.0776. The van der Waals surface area contributed by atoms with E-state index in [0.717, 1.165) is 32.1 Å². The summed E-state index contributed by atoms with van der Waals surface area (Å²) in [4.78, 5) is 5.54. The Morgan fingerprint density at radius 2 is 1.91 bits per heavy atom. The zero-order valence-electron chi connectivity index (χ0n) is 14.1. The average molecular weight is 324 g/mol. The zero-order valence-corrected chi connectivity index (χ0v) is 15.0. The van der Waals surface area contributed by atoms with Crippen molar-refractivity contribution >= 4 is 17.7 Å². The fourth-order valence-electron chi connectivity index (χ4n) is 1.83. The highest BCUT2D eigenvalue weighted by Crippen LogP contribution is 2.21. The molecule has 4 nitrogen and oxygen atoms in total. The SMILES string of the molecule is CN=C(NCCCOC(C)C)NCC(C)Sc1ccccc1. The number of benzene rings is 1. The summed E-state index contributed by atoms with van der Waals surface area (Å²) in [6, 6.07) is 10.5. The molecular formula is C17H29N3OS. The third kappa shape index (κ3) is 8.95. The van der Waals surface area contributed by atoms with Gasteiger partial charge in [-0.3, -0.25) is 4.99 Å². The van der Waals surface area contributed by atoms with E-state index in [0.29, 0.717) is 11.4 Å². The lowest BCUT2D eigenvalue weighted by Gasteiger charge is -2.16. The van der Waals surface area contributed by atoms with E-state index in [1.807, 2.05) is 17.8 Å². The van der Waals surface area contributed by atoms with Crippen molar-refractivity contribution in [1.82, 2.24) is 10.6 Å². The van der Waals surface area contributed by atoms with Gasteiger partial charge in [-0.15, -0.1) is 11.8 Å². The molecule has 0 heterocycles. The lowest BCUT2D eigenvalue weighted by atomic mass is 10.4. The van der Waals surface area contributed by atoms with Crippen LogP contribution in [0.25, 0.3) is 0 Å². The summed E-state index contributed by atoms with van der Waals surface area (Å²) in [7, 11) is 1.80. The largest absolute Gasteiger partial charge is 0.379 e. The second-order valence-electron chi connectivity index (χ2n) is 5.39. The van der Waals surface area contributed by atoms with Crippen LogP contribution in [0.5, 0.6) is 0 Å². The normalized spacial score (nSPS) is 13.2. The number of ether oxygens (including phenoxy) is 1. The Balaban J connectivity index is 2.17. The van der Waals surface area contributed by atoms with E-state index in [9.17, 15) is 0 Å². The highest BCUT2D eigenvalue weighted by atomic mass is 32.2. The fraction of sp³-hybridized carbons (Fsp3) is 0.588. The van der Waals surface area contributed by atoms with Crippen molar-refractivity contribution in [2.24, 2.45) is 4.99 Å². The van der Waals surface area contributed by atoms with Gasteiger partial charge in [-0.05, 0) is 32.4 Å². The van der Waals surface area contributed by atoms with E-state index in [4.69, 9.17) is 4.74 Å². The molecule has 0 saturated heterocycles. The Morgan fingerprint density at radius 1 is 1.18 bits per heavy atom. The minimum atomic E-state index is 0.299. The Kier molecular flexibility index (Phi) is 9.75. The third-order valence-electron chi connectivity index (χ3n) is 2.93.